The lowest BCUT2D eigenvalue weighted by molar-refractivity contribution is -0.336. The van der Waals surface area contributed by atoms with E-state index in [4.69, 9.17) is 0 Å². The van der Waals surface area contributed by atoms with Crippen LogP contribution in [-0.2, 0) is 0 Å². The summed E-state index contributed by atoms with van der Waals surface area (Å²) < 4.78 is 63.7. The molecule has 3 saturated carbocycles. The Bertz CT molecular complexity index is 575. The molecule has 20 heavy (non-hydrogen) atoms. The molecule has 0 aromatic heterocycles. The number of rotatable bonds is 2. The monoisotopic (exact) mass is 291 g/mol. The van der Waals surface area contributed by atoms with Gasteiger partial charge in [0.2, 0.25) is 0 Å². The summed E-state index contributed by atoms with van der Waals surface area (Å²) >= 11 is 0. The Kier molecular flexibility index (Phi) is 2.47. The third-order valence-electron chi connectivity index (χ3n) is 4.19. The molecule has 1 aromatic rings. The molecular weight excluding hydrogens is 281 g/mol. The van der Waals surface area contributed by atoms with Gasteiger partial charge in [-0.2, -0.15) is 13.2 Å². The van der Waals surface area contributed by atoms with Crippen molar-refractivity contribution in [1.29, 1.82) is 0 Å². The lowest BCUT2D eigenvalue weighted by Gasteiger charge is -2.70. The van der Waals surface area contributed by atoms with Crippen molar-refractivity contribution >= 4 is 5.91 Å². The van der Waals surface area contributed by atoms with Gasteiger partial charge in [-0.05, 0) is 37.5 Å². The maximum Gasteiger partial charge on any atom is 0.394 e. The summed E-state index contributed by atoms with van der Waals surface area (Å²) in [4.78, 5) is 11.8. The maximum atomic E-state index is 13.0. The number of amides is 1. The highest BCUT2D eigenvalue weighted by molar-refractivity contribution is 5.95. The quantitative estimate of drug-likeness (QED) is 0.833. The average Bonchev–Trinajstić information content (AvgIpc) is 2.23. The highest BCUT2D eigenvalue weighted by Crippen LogP contribution is 2.73. The third kappa shape index (κ3) is 1.72. The molecule has 0 radical (unpaired) electrons. The van der Waals surface area contributed by atoms with Crippen molar-refractivity contribution in [1.82, 2.24) is 5.32 Å². The molecule has 7 heteroatoms. The van der Waals surface area contributed by atoms with E-state index in [-0.39, 0.29) is 24.8 Å². The molecule has 0 heterocycles. The van der Waals surface area contributed by atoms with Crippen LogP contribution in [0.25, 0.3) is 0 Å². The van der Waals surface area contributed by atoms with Gasteiger partial charge < -0.3 is 5.32 Å². The SMILES string of the molecule is O=C(NC12CC(C(F)(F)F)(C1)C2)c1ccc(F)c(F)c1. The molecule has 1 aromatic carbocycles. The molecule has 1 N–H and O–H groups in total. The molecule has 0 unspecified atom stereocenters. The number of hydrogen-bond donors (Lipinski definition) is 1. The molecule has 1 amide bonds. The molecule has 0 atom stereocenters. The van der Waals surface area contributed by atoms with Crippen molar-refractivity contribution in [2.24, 2.45) is 5.41 Å². The predicted octanol–water partition coefficient (Wildman–Crippen LogP) is 3.18. The van der Waals surface area contributed by atoms with Crippen molar-refractivity contribution in [3.63, 3.8) is 0 Å². The van der Waals surface area contributed by atoms with Crippen LogP contribution in [0, 0.1) is 17.0 Å². The first-order valence-corrected chi connectivity index (χ1v) is 6.01. The van der Waals surface area contributed by atoms with Crippen LogP contribution in [0.15, 0.2) is 18.2 Å². The average molecular weight is 291 g/mol. The van der Waals surface area contributed by atoms with E-state index in [0.717, 1.165) is 18.2 Å². The predicted molar refractivity (Wildman–Crippen MR) is 58.9 cm³/mol. The van der Waals surface area contributed by atoms with Crippen LogP contribution >= 0.6 is 0 Å². The van der Waals surface area contributed by atoms with E-state index in [1.54, 1.807) is 0 Å². The van der Waals surface area contributed by atoms with Gasteiger partial charge in [-0.1, -0.05) is 0 Å². The number of nitrogens with one attached hydrogen (secondary N) is 1. The lowest BCUT2D eigenvalue weighted by Crippen LogP contribution is -2.78. The smallest absolute Gasteiger partial charge is 0.347 e. The van der Waals surface area contributed by atoms with Gasteiger partial charge in [-0.3, -0.25) is 4.79 Å². The molecule has 3 fully saturated rings. The highest BCUT2D eigenvalue weighted by atomic mass is 19.4. The van der Waals surface area contributed by atoms with Crippen molar-refractivity contribution in [3.8, 4) is 0 Å². The Labute approximate surface area is 111 Å². The molecule has 2 bridgehead atoms. The van der Waals surface area contributed by atoms with Crippen LogP contribution in [0.5, 0.6) is 0 Å². The molecule has 108 valence electrons. The zero-order chi connectivity index (χ0) is 14.8. The summed E-state index contributed by atoms with van der Waals surface area (Å²) in [6.07, 6.45) is -4.67. The zero-order valence-electron chi connectivity index (χ0n) is 10.2. The topological polar surface area (TPSA) is 29.1 Å². The number of benzene rings is 1. The van der Waals surface area contributed by atoms with Crippen molar-refractivity contribution in [2.75, 3.05) is 0 Å². The first kappa shape index (κ1) is 13.3. The fourth-order valence-electron chi connectivity index (χ4n) is 3.17. The van der Waals surface area contributed by atoms with E-state index in [0.29, 0.717) is 0 Å². The van der Waals surface area contributed by atoms with E-state index in [1.807, 2.05) is 0 Å². The minimum absolute atomic E-state index is 0.102. The summed E-state index contributed by atoms with van der Waals surface area (Å²) in [5, 5.41) is 2.49. The summed E-state index contributed by atoms with van der Waals surface area (Å²) in [6, 6.07) is 2.64. The first-order valence-electron chi connectivity index (χ1n) is 6.01. The summed E-state index contributed by atoms with van der Waals surface area (Å²) in [5.74, 6) is -2.93. The van der Waals surface area contributed by atoms with Gasteiger partial charge in [0.15, 0.2) is 11.6 Å². The van der Waals surface area contributed by atoms with Gasteiger partial charge in [0, 0.05) is 11.1 Å². The summed E-state index contributed by atoms with van der Waals surface area (Å²) in [5.41, 5.74) is -2.60. The van der Waals surface area contributed by atoms with Gasteiger partial charge in [0.1, 0.15) is 0 Å². The largest absolute Gasteiger partial charge is 0.394 e. The van der Waals surface area contributed by atoms with Gasteiger partial charge in [-0.15, -0.1) is 0 Å². The Morgan fingerprint density at radius 3 is 2.20 bits per heavy atom. The number of halogens is 5. The normalized spacial score (nSPS) is 31.2. The molecule has 3 aliphatic carbocycles. The van der Waals surface area contributed by atoms with Crippen LogP contribution in [-0.4, -0.2) is 17.6 Å². The Hall–Kier alpha value is -1.66. The van der Waals surface area contributed by atoms with Gasteiger partial charge in [-0.25, -0.2) is 8.78 Å². The van der Waals surface area contributed by atoms with Crippen LogP contribution in [0.4, 0.5) is 22.0 Å². The second-order valence-electron chi connectivity index (χ2n) is 5.67. The molecule has 0 spiro atoms. The standard InChI is InChI=1S/C13H10F5NO/c14-8-2-1-7(3-9(8)15)10(20)19-12-4-11(5-12,6-12)13(16,17)18/h1-3H,4-6H2,(H,19,20). The third-order valence-corrected chi connectivity index (χ3v) is 4.19. The van der Waals surface area contributed by atoms with Crippen molar-refractivity contribution in [2.45, 2.75) is 31.0 Å². The van der Waals surface area contributed by atoms with Gasteiger partial charge in [0.25, 0.3) is 5.91 Å². The fourth-order valence-corrected chi connectivity index (χ4v) is 3.17. The molecule has 3 aliphatic rings. The molecular formula is C13H10F5NO. The van der Waals surface area contributed by atoms with Crippen molar-refractivity contribution in [3.05, 3.63) is 35.4 Å². The van der Waals surface area contributed by atoms with E-state index in [2.05, 4.69) is 5.32 Å². The Morgan fingerprint density at radius 1 is 1.10 bits per heavy atom. The summed E-state index contributed by atoms with van der Waals surface area (Å²) in [7, 11) is 0. The first-order chi connectivity index (χ1) is 9.16. The number of hydrogen-bond acceptors (Lipinski definition) is 1. The second-order valence-corrected chi connectivity index (χ2v) is 5.67. The van der Waals surface area contributed by atoms with Crippen LogP contribution in [0.3, 0.4) is 0 Å². The number of carbonyl (C=O) groups excluding carboxylic acids is 1. The number of alkyl halides is 3. The number of carbonyl (C=O) groups is 1. The summed E-state index contributed by atoms with van der Waals surface area (Å²) in [6.45, 7) is 0. The van der Waals surface area contributed by atoms with Gasteiger partial charge >= 0.3 is 6.18 Å². The minimum atomic E-state index is -4.25. The van der Waals surface area contributed by atoms with Crippen LogP contribution < -0.4 is 5.32 Å². The maximum absolute atomic E-state index is 13.0. The van der Waals surface area contributed by atoms with E-state index >= 15 is 0 Å². The Balaban J connectivity index is 1.67. The molecule has 0 saturated heterocycles. The van der Waals surface area contributed by atoms with Crippen molar-refractivity contribution < 1.29 is 26.7 Å². The highest BCUT2D eigenvalue weighted by Gasteiger charge is 2.78. The Morgan fingerprint density at radius 2 is 1.70 bits per heavy atom. The second kappa shape index (κ2) is 3.71. The van der Waals surface area contributed by atoms with Crippen LogP contribution in [0.2, 0.25) is 0 Å². The fraction of sp³-hybridized carbons (Fsp3) is 0.462. The molecule has 0 aliphatic heterocycles. The minimum Gasteiger partial charge on any atom is -0.347 e. The molecule has 2 nitrogen and oxygen atoms in total. The zero-order valence-corrected chi connectivity index (χ0v) is 10.2. The van der Waals surface area contributed by atoms with E-state index < -0.39 is 34.7 Å². The van der Waals surface area contributed by atoms with Gasteiger partial charge in [0.05, 0.1) is 5.41 Å². The van der Waals surface area contributed by atoms with E-state index in [1.165, 1.54) is 0 Å². The molecule has 4 rings (SSSR count). The van der Waals surface area contributed by atoms with E-state index in [9.17, 15) is 26.7 Å². The lowest BCUT2D eigenvalue weighted by atomic mass is 9.39. The van der Waals surface area contributed by atoms with Crippen LogP contribution in [0.1, 0.15) is 29.6 Å².